The molecule has 0 radical (unpaired) electrons. The minimum atomic E-state index is -0.382. The van der Waals surface area contributed by atoms with Gasteiger partial charge in [0, 0.05) is 7.05 Å². The molecule has 0 bridgehead atoms. The van der Waals surface area contributed by atoms with E-state index in [-0.39, 0.29) is 5.69 Å². The summed E-state index contributed by atoms with van der Waals surface area (Å²) in [6.45, 7) is 0. The third-order valence-corrected chi connectivity index (χ3v) is 2.54. The highest BCUT2D eigenvalue weighted by atomic mass is 16.1. The number of hydrogen-bond donors (Lipinski definition) is 1. The number of hydrogen-bond acceptors (Lipinski definition) is 3. The van der Waals surface area contributed by atoms with Crippen LogP contribution in [0.4, 0.5) is 0 Å². The predicted octanol–water partition coefficient (Wildman–Crippen LogP) is -0.0667. The molecule has 0 atom stereocenters. The van der Waals surface area contributed by atoms with Crippen LogP contribution in [0.15, 0.2) is 41.7 Å². The number of nitrogens with one attached hydrogen (secondary N) is 1. The van der Waals surface area contributed by atoms with Crippen LogP contribution in [0.1, 0.15) is 0 Å². The molecular weight excluding hydrogens is 218 g/mol. The Morgan fingerprint density at radius 2 is 2.06 bits per heavy atom. The Bertz CT molecular complexity index is 728. The number of H-pyrrole nitrogens is 1. The molecule has 6 nitrogen and oxygen atoms in total. The number of pyridine rings is 1. The first kappa shape index (κ1) is 9.71. The summed E-state index contributed by atoms with van der Waals surface area (Å²) in [6, 6.07) is 5.67. The maximum atomic E-state index is 11.5. The van der Waals surface area contributed by atoms with Crippen molar-refractivity contribution in [2.75, 3.05) is 0 Å². The average molecular weight is 228 g/mol. The van der Waals surface area contributed by atoms with E-state index in [0.717, 1.165) is 0 Å². The van der Waals surface area contributed by atoms with E-state index in [1.165, 1.54) is 0 Å². The second kappa shape index (κ2) is 3.51. The fourth-order valence-electron chi connectivity index (χ4n) is 1.74. The van der Waals surface area contributed by atoms with Crippen LogP contribution >= 0.6 is 0 Å². The number of aromatic amines is 1. The van der Waals surface area contributed by atoms with Crippen molar-refractivity contribution in [3.63, 3.8) is 0 Å². The highest BCUT2D eigenvalue weighted by Gasteiger charge is 2.16. The van der Waals surface area contributed by atoms with Crippen LogP contribution in [0.25, 0.3) is 17.0 Å². The van der Waals surface area contributed by atoms with Crippen molar-refractivity contribution in [1.29, 1.82) is 0 Å². The zero-order chi connectivity index (χ0) is 11.8. The fraction of sp³-hybridized carbons (Fsp3) is 0.0909. The molecule has 0 aliphatic heterocycles. The number of rotatable bonds is 1. The molecule has 3 heterocycles. The SMILES string of the molecule is Cn1cnc2c(-[n+]3ccccc3)[nH]c(=O)nc21. The average Bonchev–Trinajstić information content (AvgIpc) is 2.72. The summed E-state index contributed by atoms with van der Waals surface area (Å²) >= 11 is 0. The molecule has 17 heavy (non-hydrogen) atoms. The fourth-order valence-corrected chi connectivity index (χ4v) is 1.74. The van der Waals surface area contributed by atoms with Gasteiger partial charge >= 0.3 is 11.5 Å². The zero-order valence-corrected chi connectivity index (χ0v) is 9.16. The number of imidazole rings is 1. The standard InChI is InChI=1S/C11H9N5O/c1-15-7-12-8-9(15)13-11(17)14-10(8)16-5-3-2-4-6-16/h2-7H,1H3/p+1. The van der Waals surface area contributed by atoms with Gasteiger partial charge in [-0.25, -0.2) is 14.3 Å². The highest BCUT2D eigenvalue weighted by Crippen LogP contribution is 2.09. The van der Waals surface area contributed by atoms with E-state index in [4.69, 9.17) is 0 Å². The van der Waals surface area contributed by atoms with Gasteiger partial charge in [-0.2, -0.15) is 9.97 Å². The molecule has 0 amide bonds. The number of aryl methyl sites for hydroxylation is 1. The van der Waals surface area contributed by atoms with Crippen molar-refractivity contribution in [2.24, 2.45) is 7.05 Å². The molecule has 0 aliphatic carbocycles. The van der Waals surface area contributed by atoms with Crippen molar-refractivity contribution >= 4 is 11.2 Å². The minimum absolute atomic E-state index is 0.382. The molecule has 6 heteroatoms. The lowest BCUT2D eigenvalue weighted by Crippen LogP contribution is -2.34. The van der Waals surface area contributed by atoms with Crippen molar-refractivity contribution in [2.45, 2.75) is 0 Å². The quantitative estimate of drug-likeness (QED) is 0.593. The molecule has 3 aromatic rings. The Labute approximate surface area is 96.2 Å². The monoisotopic (exact) mass is 228 g/mol. The summed E-state index contributed by atoms with van der Waals surface area (Å²) in [5, 5.41) is 0. The van der Waals surface area contributed by atoms with E-state index >= 15 is 0 Å². The van der Waals surface area contributed by atoms with Gasteiger partial charge in [-0.1, -0.05) is 6.07 Å². The van der Waals surface area contributed by atoms with Gasteiger partial charge < -0.3 is 4.57 Å². The Balaban J connectivity index is 2.40. The second-order valence-electron chi connectivity index (χ2n) is 3.70. The largest absolute Gasteiger partial charge is 0.434 e. The predicted molar refractivity (Wildman–Crippen MR) is 60.7 cm³/mol. The third kappa shape index (κ3) is 1.50. The van der Waals surface area contributed by atoms with Gasteiger partial charge in [0.2, 0.25) is 0 Å². The summed E-state index contributed by atoms with van der Waals surface area (Å²) in [5.74, 6) is 0.626. The second-order valence-corrected chi connectivity index (χ2v) is 3.70. The van der Waals surface area contributed by atoms with E-state index in [1.54, 1.807) is 22.5 Å². The Morgan fingerprint density at radius 3 is 2.82 bits per heavy atom. The van der Waals surface area contributed by atoms with Crippen LogP contribution in [-0.4, -0.2) is 19.5 Å². The van der Waals surface area contributed by atoms with Gasteiger partial charge in [0.15, 0.2) is 11.2 Å². The Hall–Kier alpha value is -2.50. The maximum Gasteiger partial charge on any atom is 0.434 e. The van der Waals surface area contributed by atoms with Gasteiger partial charge in [0.05, 0.1) is 18.7 Å². The molecule has 3 aromatic heterocycles. The summed E-state index contributed by atoms with van der Waals surface area (Å²) in [6.07, 6.45) is 5.33. The molecule has 0 aliphatic rings. The smallest absolute Gasteiger partial charge is 0.318 e. The molecule has 0 unspecified atom stereocenters. The van der Waals surface area contributed by atoms with Gasteiger partial charge in [-0.3, -0.25) is 0 Å². The molecule has 0 fully saturated rings. The van der Waals surface area contributed by atoms with Crippen molar-refractivity contribution in [1.82, 2.24) is 19.5 Å². The molecule has 0 saturated carbocycles. The van der Waals surface area contributed by atoms with Crippen molar-refractivity contribution < 1.29 is 4.57 Å². The summed E-state index contributed by atoms with van der Waals surface area (Å²) < 4.78 is 3.52. The van der Waals surface area contributed by atoms with E-state index in [1.807, 2.05) is 30.6 Å². The van der Waals surface area contributed by atoms with Gasteiger partial charge in [-0.15, -0.1) is 0 Å². The van der Waals surface area contributed by atoms with Crippen LogP contribution < -0.4 is 10.3 Å². The molecule has 84 valence electrons. The molecule has 0 aromatic carbocycles. The molecule has 3 rings (SSSR count). The van der Waals surface area contributed by atoms with Crippen LogP contribution in [0.5, 0.6) is 0 Å². The first-order valence-electron chi connectivity index (χ1n) is 5.14. The van der Waals surface area contributed by atoms with Crippen LogP contribution in [0.2, 0.25) is 0 Å². The van der Waals surface area contributed by atoms with Gasteiger partial charge in [0.1, 0.15) is 0 Å². The molecule has 1 N–H and O–H groups in total. The minimum Gasteiger partial charge on any atom is -0.318 e. The number of aromatic nitrogens is 5. The number of nitrogens with zero attached hydrogens (tertiary/aromatic N) is 4. The zero-order valence-electron chi connectivity index (χ0n) is 9.16. The normalized spacial score (nSPS) is 10.9. The topological polar surface area (TPSA) is 67.4 Å². The first-order chi connectivity index (χ1) is 8.25. The van der Waals surface area contributed by atoms with Crippen LogP contribution in [0.3, 0.4) is 0 Å². The third-order valence-electron chi connectivity index (χ3n) is 2.54. The Morgan fingerprint density at radius 1 is 1.29 bits per heavy atom. The lowest BCUT2D eigenvalue weighted by Gasteiger charge is -1.97. The van der Waals surface area contributed by atoms with Crippen molar-refractivity contribution in [3.05, 3.63) is 47.4 Å². The molecule has 0 saturated heterocycles. The van der Waals surface area contributed by atoms with Crippen molar-refractivity contribution in [3.8, 4) is 5.82 Å². The van der Waals surface area contributed by atoms with E-state index in [2.05, 4.69) is 15.0 Å². The first-order valence-corrected chi connectivity index (χ1v) is 5.14. The van der Waals surface area contributed by atoms with Gasteiger partial charge in [0.25, 0.3) is 0 Å². The van der Waals surface area contributed by atoms with Crippen LogP contribution in [-0.2, 0) is 7.05 Å². The lowest BCUT2D eigenvalue weighted by atomic mass is 10.4. The summed E-state index contributed by atoms with van der Waals surface area (Å²) in [7, 11) is 1.81. The summed E-state index contributed by atoms with van der Waals surface area (Å²) in [4.78, 5) is 22.3. The van der Waals surface area contributed by atoms with Gasteiger partial charge in [-0.05, 0) is 12.1 Å². The Kier molecular flexibility index (Phi) is 2.01. The molecular formula is C11H10N5O+. The number of fused-ring (bicyclic) bond motifs is 1. The van der Waals surface area contributed by atoms with E-state index in [9.17, 15) is 4.79 Å². The van der Waals surface area contributed by atoms with E-state index in [0.29, 0.717) is 17.0 Å². The molecule has 0 spiro atoms. The van der Waals surface area contributed by atoms with Crippen LogP contribution in [0, 0.1) is 0 Å². The maximum absolute atomic E-state index is 11.5. The van der Waals surface area contributed by atoms with E-state index < -0.39 is 0 Å². The lowest BCUT2D eigenvalue weighted by molar-refractivity contribution is -0.598. The highest BCUT2D eigenvalue weighted by molar-refractivity contribution is 5.75. The summed E-state index contributed by atoms with van der Waals surface area (Å²) in [5.41, 5.74) is 0.857.